The largest absolute Gasteiger partial charge is 0.370 e. The van der Waals surface area contributed by atoms with Crippen molar-refractivity contribution in [2.24, 2.45) is 5.73 Å². The number of nitrogens with zero attached hydrogens (tertiary/aromatic N) is 2. The number of halogens is 1. The number of carbonyl (C=O) groups excluding carboxylic acids is 2. The van der Waals surface area contributed by atoms with Gasteiger partial charge in [0, 0.05) is 36.2 Å². The lowest BCUT2D eigenvalue weighted by Crippen LogP contribution is -2.45. The van der Waals surface area contributed by atoms with Gasteiger partial charge in [-0.15, -0.1) is 0 Å². The second kappa shape index (κ2) is 6.55. The van der Waals surface area contributed by atoms with Gasteiger partial charge in [0.2, 0.25) is 5.91 Å². The zero-order valence-electron chi connectivity index (χ0n) is 13.6. The summed E-state index contributed by atoms with van der Waals surface area (Å²) in [6.07, 6.45) is 2.81. The van der Waals surface area contributed by atoms with E-state index >= 15 is 0 Å². The number of aryl methyl sites for hydroxylation is 1. The van der Waals surface area contributed by atoms with E-state index in [2.05, 4.69) is 4.98 Å². The van der Waals surface area contributed by atoms with Crippen LogP contribution in [0.1, 0.15) is 41.7 Å². The quantitative estimate of drug-likeness (QED) is 0.940. The summed E-state index contributed by atoms with van der Waals surface area (Å²) in [6.45, 7) is 2.37. The predicted octanol–water partition coefficient (Wildman–Crippen LogP) is 2.55. The maximum Gasteiger partial charge on any atom is 0.254 e. The number of carbonyl (C=O) groups is 2. The van der Waals surface area contributed by atoms with Crippen LogP contribution in [0.5, 0.6) is 0 Å². The number of hydrogen-bond acceptors (Lipinski definition) is 3. The molecule has 0 spiro atoms. The molecule has 1 aliphatic rings. The highest BCUT2D eigenvalue weighted by molar-refractivity contribution is 6.06. The molecule has 2 amide bonds. The smallest absolute Gasteiger partial charge is 0.254 e. The van der Waals surface area contributed by atoms with Crippen LogP contribution in [0, 0.1) is 12.7 Å². The van der Waals surface area contributed by atoms with E-state index in [4.69, 9.17) is 5.73 Å². The highest BCUT2D eigenvalue weighted by Crippen LogP contribution is 2.26. The molecule has 0 saturated carbocycles. The second-order valence-corrected chi connectivity index (χ2v) is 6.29. The summed E-state index contributed by atoms with van der Waals surface area (Å²) in [4.78, 5) is 30.4. The van der Waals surface area contributed by atoms with Crippen LogP contribution in [-0.4, -0.2) is 34.3 Å². The van der Waals surface area contributed by atoms with Gasteiger partial charge in [-0.3, -0.25) is 14.6 Å². The van der Waals surface area contributed by atoms with Gasteiger partial charge in [0.25, 0.3) is 5.91 Å². The van der Waals surface area contributed by atoms with Crippen molar-refractivity contribution in [3.8, 4) is 0 Å². The molecule has 0 unspecified atom stereocenters. The van der Waals surface area contributed by atoms with E-state index in [1.54, 1.807) is 24.0 Å². The number of fused-ring (bicyclic) bond motifs is 1. The molecule has 6 heteroatoms. The topological polar surface area (TPSA) is 76.3 Å². The normalized spacial score (nSPS) is 17.9. The van der Waals surface area contributed by atoms with Gasteiger partial charge in [-0.2, -0.15) is 0 Å². The molecule has 24 heavy (non-hydrogen) atoms. The fourth-order valence-electron chi connectivity index (χ4n) is 3.38. The Morgan fingerprint density at radius 1 is 1.33 bits per heavy atom. The zero-order valence-corrected chi connectivity index (χ0v) is 13.6. The third-order valence-electron chi connectivity index (χ3n) is 4.46. The highest BCUT2D eigenvalue weighted by atomic mass is 19.1. The maximum atomic E-state index is 13.5. The van der Waals surface area contributed by atoms with Gasteiger partial charge in [-0.05, 0) is 44.4 Å². The number of pyridine rings is 1. The molecule has 0 aliphatic carbocycles. The molecule has 2 aromatic rings. The fourth-order valence-corrected chi connectivity index (χ4v) is 3.38. The minimum Gasteiger partial charge on any atom is -0.370 e. The standard InChI is InChI=1S/C18H20FN3O2/c1-11-8-15(14-6-5-12(19)9-16(14)21-11)18(24)22-7-3-2-4-13(22)10-17(20)23/h5-6,8-9,13H,2-4,7,10H2,1H3,(H2,20,23)/t13-/m1/s1. The third kappa shape index (κ3) is 3.22. The average Bonchev–Trinajstić information content (AvgIpc) is 2.53. The lowest BCUT2D eigenvalue weighted by molar-refractivity contribution is -0.119. The Morgan fingerprint density at radius 3 is 2.88 bits per heavy atom. The molecule has 1 aromatic carbocycles. The number of primary amides is 1. The van der Waals surface area contributed by atoms with Crippen molar-refractivity contribution in [1.82, 2.24) is 9.88 Å². The first-order valence-corrected chi connectivity index (χ1v) is 8.12. The SMILES string of the molecule is Cc1cc(C(=O)N2CCCC[C@@H]2CC(N)=O)c2ccc(F)cc2n1. The van der Waals surface area contributed by atoms with Crippen molar-refractivity contribution >= 4 is 22.7 Å². The Kier molecular flexibility index (Phi) is 4.46. The second-order valence-electron chi connectivity index (χ2n) is 6.29. The molecular weight excluding hydrogens is 309 g/mol. The minimum atomic E-state index is -0.405. The molecule has 1 saturated heterocycles. The molecule has 1 aliphatic heterocycles. The zero-order chi connectivity index (χ0) is 17.3. The molecule has 1 atom stereocenters. The van der Waals surface area contributed by atoms with Crippen LogP contribution in [0.3, 0.4) is 0 Å². The van der Waals surface area contributed by atoms with Gasteiger partial charge in [-0.1, -0.05) is 0 Å². The van der Waals surface area contributed by atoms with Crippen molar-refractivity contribution in [3.63, 3.8) is 0 Å². The summed E-state index contributed by atoms with van der Waals surface area (Å²) >= 11 is 0. The Labute approximate surface area is 139 Å². The van der Waals surface area contributed by atoms with Crippen molar-refractivity contribution < 1.29 is 14.0 Å². The molecule has 1 fully saturated rings. The lowest BCUT2D eigenvalue weighted by Gasteiger charge is -2.35. The van der Waals surface area contributed by atoms with Crippen LogP contribution in [0.2, 0.25) is 0 Å². The lowest BCUT2D eigenvalue weighted by atomic mass is 9.97. The molecule has 5 nitrogen and oxygen atoms in total. The molecule has 0 radical (unpaired) electrons. The van der Waals surface area contributed by atoms with Crippen LogP contribution < -0.4 is 5.73 Å². The molecular formula is C18H20FN3O2. The summed E-state index contributed by atoms with van der Waals surface area (Å²) in [6, 6.07) is 5.78. The van der Waals surface area contributed by atoms with Crippen LogP contribution in [0.15, 0.2) is 24.3 Å². The average molecular weight is 329 g/mol. The van der Waals surface area contributed by atoms with Gasteiger partial charge in [0.05, 0.1) is 11.1 Å². The fraction of sp³-hybridized carbons (Fsp3) is 0.389. The molecule has 3 rings (SSSR count). The van der Waals surface area contributed by atoms with Crippen LogP contribution in [-0.2, 0) is 4.79 Å². The van der Waals surface area contributed by atoms with E-state index in [9.17, 15) is 14.0 Å². The summed E-state index contributed by atoms with van der Waals surface area (Å²) in [5.74, 6) is -0.941. The van der Waals surface area contributed by atoms with Crippen molar-refractivity contribution in [2.45, 2.75) is 38.6 Å². The van der Waals surface area contributed by atoms with E-state index in [0.717, 1.165) is 19.3 Å². The number of hydrogen-bond donors (Lipinski definition) is 1. The number of nitrogens with two attached hydrogens (primary N) is 1. The predicted molar refractivity (Wildman–Crippen MR) is 88.9 cm³/mol. The number of benzene rings is 1. The van der Waals surface area contributed by atoms with Crippen LogP contribution in [0.4, 0.5) is 4.39 Å². The first-order valence-electron chi connectivity index (χ1n) is 8.12. The molecule has 126 valence electrons. The molecule has 0 bridgehead atoms. The van der Waals surface area contributed by atoms with Gasteiger partial charge < -0.3 is 10.6 Å². The van der Waals surface area contributed by atoms with Gasteiger partial charge in [0.15, 0.2) is 0 Å². The van der Waals surface area contributed by atoms with E-state index in [1.165, 1.54) is 12.1 Å². The Balaban J connectivity index is 2.02. The number of rotatable bonds is 3. The van der Waals surface area contributed by atoms with Gasteiger partial charge in [0.1, 0.15) is 5.82 Å². The summed E-state index contributed by atoms with van der Waals surface area (Å²) in [5.41, 5.74) is 6.93. The maximum absolute atomic E-state index is 13.5. The Bertz CT molecular complexity index is 801. The first-order chi connectivity index (χ1) is 11.5. The summed E-state index contributed by atoms with van der Waals surface area (Å²) in [7, 11) is 0. The van der Waals surface area contributed by atoms with Crippen molar-refractivity contribution in [2.75, 3.05) is 6.54 Å². The third-order valence-corrected chi connectivity index (χ3v) is 4.46. The van der Waals surface area contributed by atoms with Crippen molar-refractivity contribution in [1.29, 1.82) is 0 Å². The van der Waals surface area contributed by atoms with Crippen LogP contribution >= 0.6 is 0 Å². The summed E-state index contributed by atoms with van der Waals surface area (Å²) in [5, 5.41) is 0.621. The van der Waals surface area contributed by atoms with E-state index in [0.29, 0.717) is 28.7 Å². The van der Waals surface area contributed by atoms with E-state index in [-0.39, 0.29) is 24.2 Å². The summed E-state index contributed by atoms with van der Waals surface area (Å²) < 4.78 is 13.5. The molecule has 2 N–H and O–H groups in total. The van der Waals surface area contributed by atoms with E-state index in [1.807, 2.05) is 0 Å². The monoisotopic (exact) mass is 329 g/mol. The molecule has 2 heterocycles. The minimum absolute atomic E-state index is 0.150. The number of likely N-dealkylation sites (tertiary alicyclic amines) is 1. The van der Waals surface area contributed by atoms with Crippen LogP contribution in [0.25, 0.3) is 10.9 Å². The Hall–Kier alpha value is -2.50. The molecule has 1 aromatic heterocycles. The van der Waals surface area contributed by atoms with E-state index < -0.39 is 5.91 Å². The number of aromatic nitrogens is 1. The van der Waals surface area contributed by atoms with Crippen molar-refractivity contribution in [3.05, 3.63) is 41.3 Å². The Morgan fingerprint density at radius 2 is 2.12 bits per heavy atom. The van der Waals surface area contributed by atoms with Gasteiger partial charge in [-0.25, -0.2) is 4.39 Å². The first kappa shape index (κ1) is 16.4. The number of amides is 2. The van der Waals surface area contributed by atoms with Gasteiger partial charge >= 0.3 is 0 Å². The number of piperidine rings is 1. The highest BCUT2D eigenvalue weighted by Gasteiger charge is 2.29.